The number of hydrogen-bond acceptors (Lipinski definition) is 2. The highest BCUT2D eigenvalue weighted by atomic mass is 19.1. The van der Waals surface area contributed by atoms with Crippen LogP contribution in [0.4, 0.5) is 10.1 Å². The summed E-state index contributed by atoms with van der Waals surface area (Å²) in [6, 6.07) is 5.99. The van der Waals surface area contributed by atoms with Crippen LogP contribution in [0.2, 0.25) is 0 Å². The Labute approximate surface area is 107 Å². The van der Waals surface area contributed by atoms with Crippen molar-refractivity contribution < 1.29 is 9.18 Å². The van der Waals surface area contributed by atoms with Crippen molar-refractivity contribution in [3.63, 3.8) is 0 Å². The summed E-state index contributed by atoms with van der Waals surface area (Å²) in [5, 5.41) is 2.73. The van der Waals surface area contributed by atoms with E-state index in [-0.39, 0.29) is 11.7 Å². The Morgan fingerprint density at radius 3 is 2.61 bits per heavy atom. The second kappa shape index (κ2) is 6.50. The third-order valence-corrected chi connectivity index (χ3v) is 3.17. The lowest BCUT2D eigenvalue weighted by Crippen LogP contribution is -2.33. The predicted octanol–water partition coefficient (Wildman–Crippen LogP) is 2.64. The molecule has 1 aliphatic rings. The third-order valence-electron chi connectivity index (χ3n) is 3.17. The van der Waals surface area contributed by atoms with Crippen LogP contribution in [-0.2, 0) is 4.79 Å². The maximum atomic E-state index is 13.0. The number of likely N-dealkylation sites (tertiary alicyclic amines) is 1. The van der Waals surface area contributed by atoms with E-state index in [1.165, 1.54) is 25.0 Å². The van der Waals surface area contributed by atoms with Crippen molar-refractivity contribution >= 4 is 11.6 Å². The summed E-state index contributed by atoms with van der Waals surface area (Å²) in [6.07, 6.45) is 4.82. The van der Waals surface area contributed by atoms with Crippen molar-refractivity contribution in [1.82, 2.24) is 4.90 Å². The molecule has 2 rings (SSSR count). The maximum Gasteiger partial charge on any atom is 0.238 e. The van der Waals surface area contributed by atoms with Crippen LogP contribution >= 0.6 is 0 Å². The van der Waals surface area contributed by atoms with Gasteiger partial charge in [-0.3, -0.25) is 9.69 Å². The van der Waals surface area contributed by atoms with Gasteiger partial charge in [-0.2, -0.15) is 0 Å². The van der Waals surface area contributed by atoms with Crippen LogP contribution in [0, 0.1) is 5.82 Å². The molecule has 0 saturated carbocycles. The number of nitrogens with one attached hydrogen (secondary N) is 1. The Balaban J connectivity index is 1.84. The molecule has 1 saturated heterocycles. The first-order valence-corrected chi connectivity index (χ1v) is 6.52. The van der Waals surface area contributed by atoms with E-state index >= 15 is 0 Å². The van der Waals surface area contributed by atoms with E-state index in [1.807, 2.05) is 0 Å². The summed E-state index contributed by atoms with van der Waals surface area (Å²) in [5.74, 6) is -0.398. The minimum Gasteiger partial charge on any atom is -0.325 e. The highest BCUT2D eigenvalue weighted by Gasteiger charge is 2.12. The quantitative estimate of drug-likeness (QED) is 0.894. The van der Waals surface area contributed by atoms with Gasteiger partial charge in [0.25, 0.3) is 0 Å². The lowest BCUT2D eigenvalue weighted by molar-refractivity contribution is -0.117. The average molecular weight is 250 g/mol. The molecule has 0 bridgehead atoms. The molecule has 1 N–H and O–H groups in total. The highest BCUT2D eigenvalue weighted by Crippen LogP contribution is 2.11. The molecule has 4 heteroatoms. The van der Waals surface area contributed by atoms with Crippen molar-refractivity contribution in [2.75, 3.05) is 25.0 Å². The van der Waals surface area contributed by atoms with E-state index < -0.39 is 0 Å². The second-order valence-corrected chi connectivity index (χ2v) is 4.75. The molecule has 0 unspecified atom stereocenters. The van der Waals surface area contributed by atoms with Crippen LogP contribution in [0.3, 0.4) is 0 Å². The molecule has 1 heterocycles. The number of hydrogen-bond donors (Lipinski definition) is 1. The highest BCUT2D eigenvalue weighted by molar-refractivity contribution is 5.92. The fraction of sp³-hybridized carbons (Fsp3) is 0.500. The first-order chi connectivity index (χ1) is 8.74. The van der Waals surface area contributed by atoms with Gasteiger partial charge in [0.1, 0.15) is 5.82 Å². The molecule has 0 spiro atoms. The zero-order valence-electron chi connectivity index (χ0n) is 10.5. The molecule has 0 aliphatic carbocycles. The van der Waals surface area contributed by atoms with Gasteiger partial charge in [0.15, 0.2) is 0 Å². The van der Waals surface area contributed by atoms with E-state index in [4.69, 9.17) is 0 Å². The lowest BCUT2D eigenvalue weighted by Gasteiger charge is -2.18. The summed E-state index contributed by atoms with van der Waals surface area (Å²) in [4.78, 5) is 14.0. The number of halogens is 1. The molecular formula is C14H19FN2O. The topological polar surface area (TPSA) is 32.3 Å². The Morgan fingerprint density at radius 2 is 1.94 bits per heavy atom. The van der Waals surface area contributed by atoms with E-state index in [2.05, 4.69) is 10.2 Å². The summed E-state index contributed by atoms with van der Waals surface area (Å²) in [5.41, 5.74) is 0.523. The Kier molecular flexibility index (Phi) is 4.70. The Hall–Kier alpha value is -1.42. The normalized spacial score (nSPS) is 17.2. The Morgan fingerprint density at radius 1 is 1.22 bits per heavy atom. The fourth-order valence-corrected chi connectivity index (χ4v) is 2.26. The van der Waals surface area contributed by atoms with E-state index in [0.29, 0.717) is 12.2 Å². The van der Waals surface area contributed by atoms with Crippen molar-refractivity contribution in [3.05, 3.63) is 30.1 Å². The molecule has 1 aromatic carbocycles. The molecule has 1 aromatic rings. The second-order valence-electron chi connectivity index (χ2n) is 4.75. The molecule has 1 amide bonds. The summed E-state index contributed by atoms with van der Waals surface area (Å²) in [6.45, 7) is 2.36. The van der Waals surface area contributed by atoms with Gasteiger partial charge in [-0.05, 0) is 44.1 Å². The molecular weight excluding hydrogens is 231 g/mol. The lowest BCUT2D eigenvalue weighted by atomic mass is 10.2. The van der Waals surface area contributed by atoms with Gasteiger partial charge in [0.2, 0.25) is 5.91 Å². The summed E-state index contributed by atoms with van der Waals surface area (Å²) in [7, 11) is 0. The number of carbonyl (C=O) groups is 1. The van der Waals surface area contributed by atoms with Gasteiger partial charge in [-0.15, -0.1) is 0 Å². The number of carbonyl (C=O) groups excluding carboxylic acids is 1. The Bertz CT molecular complexity index is 401. The molecule has 3 nitrogen and oxygen atoms in total. The molecule has 1 aliphatic heterocycles. The van der Waals surface area contributed by atoms with Crippen LogP contribution in [-0.4, -0.2) is 30.4 Å². The van der Waals surface area contributed by atoms with Crippen LogP contribution < -0.4 is 5.32 Å². The van der Waals surface area contributed by atoms with E-state index in [9.17, 15) is 9.18 Å². The number of benzene rings is 1. The molecule has 18 heavy (non-hydrogen) atoms. The smallest absolute Gasteiger partial charge is 0.238 e. The molecule has 0 atom stereocenters. The van der Waals surface area contributed by atoms with Crippen molar-refractivity contribution in [2.24, 2.45) is 0 Å². The van der Waals surface area contributed by atoms with Gasteiger partial charge < -0.3 is 5.32 Å². The van der Waals surface area contributed by atoms with Crippen LogP contribution in [0.5, 0.6) is 0 Å². The zero-order chi connectivity index (χ0) is 12.8. The van der Waals surface area contributed by atoms with Crippen LogP contribution in [0.1, 0.15) is 25.7 Å². The van der Waals surface area contributed by atoms with Gasteiger partial charge in [-0.25, -0.2) is 4.39 Å². The van der Waals surface area contributed by atoms with Gasteiger partial charge >= 0.3 is 0 Å². The predicted molar refractivity (Wildman–Crippen MR) is 69.9 cm³/mol. The van der Waals surface area contributed by atoms with Gasteiger partial charge in [-0.1, -0.05) is 18.9 Å². The average Bonchev–Trinajstić information content (AvgIpc) is 2.57. The first kappa shape index (κ1) is 13.0. The standard InChI is InChI=1S/C14H19FN2O/c15-12-6-5-7-13(10-12)16-14(18)11-17-8-3-1-2-4-9-17/h5-7,10H,1-4,8-9,11H2,(H,16,18). The minimum atomic E-state index is -0.331. The van der Waals surface area contributed by atoms with E-state index in [0.717, 1.165) is 25.9 Å². The largest absolute Gasteiger partial charge is 0.325 e. The SMILES string of the molecule is O=C(CN1CCCCCC1)Nc1cccc(F)c1. The fourth-order valence-electron chi connectivity index (χ4n) is 2.26. The number of nitrogens with zero attached hydrogens (tertiary/aromatic N) is 1. The molecule has 1 fully saturated rings. The zero-order valence-corrected chi connectivity index (χ0v) is 10.5. The summed E-state index contributed by atoms with van der Waals surface area (Å²) < 4.78 is 13.0. The molecule has 98 valence electrons. The molecule has 0 radical (unpaired) electrons. The number of anilines is 1. The van der Waals surface area contributed by atoms with Gasteiger partial charge in [0.05, 0.1) is 6.54 Å². The van der Waals surface area contributed by atoms with Crippen LogP contribution in [0.15, 0.2) is 24.3 Å². The van der Waals surface area contributed by atoms with Crippen molar-refractivity contribution in [2.45, 2.75) is 25.7 Å². The summed E-state index contributed by atoms with van der Waals surface area (Å²) >= 11 is 0. The maximum absolute atomic E-state index is 13.0. The van der Waals surface area contributed by atoms with Crippen molar-refractivity contribution in [1.29, 1.82) is 0 Å². The first-order valence-electron chi connectivity index (χ1n) is 6.52. The van der Waals surface area contributed by atoms with Crippen molar-refractivity contribution in [3.8, 4) is 0 Å². The molecule has 0 aromatic heterocycles. The number of rotatable bonds is 3. The third kappa shape index (κ3) is 4.11. The number of amides is 1. The minimum absolute atomic E-state index is 0.0671. The monoisotopic (exact) mass is 250 g/mol. The van der Waals surface area contributed by atoms with E-state index in [1.54, 1.807) is 12.1 Å². The van der Waals surface area contributed by atoms with Crippen LogP contribution in [0.25, 0.3) is 0 Å². The van der Waals surface area contributed by atoms with Gasteiger partial charge in [0, 0.05) is 5.69 Å².